The molecule has 2 rings (SSSR count). The lowest BCUT2D eigenvalue weighted by molar-refractivity contribution is 0.102. The van der Waals surface area contributed by atoms with Crippen LogP contribution in [0, 0.1) is 6.92 Å². The van der Waals surface area contributed by atoms with Gasteiger partial charge in [-0.05, 0) is 42.8 Å². The second kappa shape index (κ2) is 5.71. The van der Waals surface area contributed by atoms with E-state index in [0.29, 0.717) is 22.2 Å². The van der Waals surface area contributed by atoms with Gasteiger partial charge in [0.2, 0.25) is 5.88 Å². The molecule has 0 atom stereocenters. The molecule has 0 aliphatic carbocycles. The molecule has 0 spiro atoms. The number of nitrogens with one attached hydrogen (secondary N) is 1. The summed E-state index contributed by atoms with van der Waals surface area (Å²) in [7, 11) is 1.48. The van der Waals surface area contributed by atoms with Crippen molar-refractivity contribution in [2.75, 3.05) is 12.4 Å². The Labute approximate surface area is 116 Å². The van der Waals surface area contributed by atoms with Crippen LogP contribution in [0.3, 0.4) is 0 Å². The first kappa shape index (κ1) is 13.4. The summed E-state index contributed by atoms with van der Waals surface area (Å²) in [6.45, 7) is 1.88. The monoisotopic (exact) mass is 276 g/mol. The second-order valence-electron chi connectivity index (χ2n) is 3.97. The van der Waals surface area contributed by atoms with Crippen molar-refractivity contribution in [2.45, 2.75) is 6.92 Å². The van der Waals surface area contributed by atoms with Gasteiger partial charge in [-0.15, -0.1) is 0 Å². The summed E-state index contributed by atoms with van der Waals surface area (Å²) in [5.74, 6) is 0.0296. The van der Waals surface area contributed by atoms with Crippen molar-refractivity contribution in [3.05, 3.63) is 52.7 Å². The molecule has 4 nitrogen and oxygen atoms in total. The minimum atomic E-state index is -0.268. The van der Waals surface area contributed by atoms with Gasteiger partial charge in [0, 0.05) is 16.9 Å². The fraction of sp³-hybridized carbons (Fsp3) is 0.143. The molecule has 98 valence electrons. The van der Waals surface area contributed by atoms with Crippen molar-refractivity contribution in [2.24, 2.45) is 0 Å². The maximum absolute atomic E-state index is 12.2. The molecule has 0 unspecified atom stereocenters. The standard InChI is InChI=1S/C14H13ClN2O2/c1-9-8-10(15)5-6-12(9)17-13(18)11-4-3-7-16-14(11)19-2/h3-8H,1-2H3,(H,17,18). The van der Waals surface area contributed by atoms with E-state index in [1.54, 1.807) is 36.5 Å². The normalized spacial score (nSPS) is 10.1. The number of halogens is 1. The van der Waals surface area contributed by atoms with Crippen LogP contribution in [0.5, 0.6) is 5.88 Å². The van der Waals surface area contributed by atoms with Crippen LogP contribution in [0.2, 0.25) is 5.02 Å². The number of carbonyl (C=O) groups excluding carboxylic acids is 1. The van der Waals surface area contributed by atoms with Crippen molar-refractivity contribution in [1.82, 2.24) is 4.98 Å². The third-order valence-electron chi connectivity index (χ3n) is 2.65. The number of nitrogens with zero attached hydrogens (tertiary/aromatic N) is 1. The maximum atomic E-state index is 12.2. The molecule has 0 radical (unpaired) electrons. The van der Waals surface area contributed by atoms with Gasteiger partial charge in [-0.1, -0.05) is 11.6 Å². The predicted molar refractivity (Wildman–Crippen MR) is 74.9 cm³/mol. The number of anilines is 1. The minimum Gasteiger partial charge on any atom is -0.480 e. The number of carbonyl (C=O) groups is 1. The van der Waals surface area contributed by atoms with E-state index in [-0.39, 0.29) is 5.91 Å². The Kier molecular flexibility index (Phi) is 4.02. The lowest BCUT2D eigenvalue weighted by Gasteiger charge is -2.10. The second-order valence-corrected chi connectivity index (χ2v) is 4.41. The number of hydrogen-bond donors (Lipinski definition) is 1. The summed E-state index contributed by atoms with van der Waals surface area (Å²) in [4.78, 5) is 16.2. The number of ether oxygens (including phenoxy) is 1. The molecule has 1 N–H and O–H groups in total. The predicted octanol–water partition coefficient (Wildman–Crippen LogP) is 3.30. The molecule has 0 fully saturated rings. The third kappa shape index (κ3) is 3.03. The Hall–Kier alpha value is -2.07. The minimum absolute atomic E-state index is 0.268. The molecule has 1 heterocycles. The van der Waals surface area contributed by atoms with E-state index in [0.717, 1.165) is 5.56 Å². The van der Waals surface area contributed by atoms with E-state index in [1.807, 2.05) is 6.92 Å². The largest absolute Gasteiger partial charge is 0.480 e. The van der Waals surface area contributed by atoms with Gasteiger partial charge in [0.1, 0.15) is 5.56 Å². The van der Waals surface area contributed by atoms with E-state index in [4.69, 9.17) is 16.3 Å². The molecular formula is C14H13ClN2O2. The summed E-state index contributed by atoms with van der Waals surface area (Å²) in [5.41, 5.74) is 1.99. The van der Waals surface area contributed by atoms with Gasteiger partial charge in [0.15, 0.2) is 0 Å². The third-order valence-corrected chi connectivity index (χ3v) is 2.88. The van der Waals surface area contributed by atoms with Crippen LogP contribution in [0.15, 0.2) is 36.5 Å². The number of aromatic nitrogens is 1. The zero-order chi connectivity index (χ0) is 13.8. The molecule has 0 saturated carbocycles. The number of aryl methyl sites for hydroxylation is 1. The molecule has 5 heteroatoms. The molecule has 1 aromatic carbocycles. The summed E-state index contributed by atoms with van der Waals surface area (Å²) < 4.78 is 5.06. The Morgan fingerprint density at radius 3 is 2.84 bits per heavy atom. The average molecular weight is 277 g/mol. The number of methoxy groups -OCH3 is 1. The van der Waals surface area contributed by atoms with Crippen LogP contribution >= 0.6 is 11.6 Å². The molecule has 0 aliphatic heterocycles. The highest BCUT2D eigenvalue weighted by molar-refractivity contribution is 6.30. The van der Waals surface area contributed by atoms with Crippen molar-refractivity contribution < 1.29 is 9.53 Å². The lowest BCUT2D eigenvalue weighted by atomic mass is 10.2. The van der Waals surface area contributed by atoms with Gasteiger partial charge in [-0.2, -0.15) is 0 Å². The van der Waals surface area contributed by atoms with E-state index in [2.05, 4.69) is 10.3 Å². The number of pyridine rings is 1. The highest BCUT2D eigenvalue weighted by atomic mass is 35.5. The fourth-order valence-corrected chi connectivity index (χ4v) is 1.91. The van der Waals surface area contributed by atoms with Crippen LogP contribution in [-0.4, -0.2) is 18.0 Å². The maximum Gasteiger partial charge on any atom is 0.261 e. The van der Waals surface area contributed by atoms with Gasteiger partial charge in [0.25, 0.3) is 5.91 Å². The molecular weight excluding hydrogens is 264 g/mol. The van der Waals surface area contributed by atoms with Crippen molar-refractivity contribution in [1.29, 1.82) is 0 Å². The van der Waals surface area contributed by atoms with E-state index >= 15 is 0 Å². The number of amides is 1. The summed E-state index contributed by atoms with van der Waals surface area (Å²) >= 11 is 5.88. The van der Waals surface area contributed by atoms with E-state index < -0.39 is 0 Å². The molecule has 0 aliphatic rings. The van der Waals surface area contributed by atoms with Gasteiger partial charge >= 0.3 is 0 Å². The van der Waals surface area contributed by atoms with E-state index in [1.165, 1.54) is 7.11 Å². The topological polar surface area (TPSA) is 51.2 Å². The highest BCUT2D eigenvalue weighted by Gasteiger charge is 2.13. The van der Waals surface area contributed by atoms with Gasteiger partial charge in [-0.25, -0.2) is 4.98 Å². The number of rotatable bonds is 3. The average Bonchev–Trinajstić information content (AvgIpc) is 2.41. The smallest absolute Gasteiger partial charge is 0.261 e. The van der Waals surface area contributed by atoms with Gasteiger partial charge in [0.05, 0.1) is 7.11 Å². The van der Waals surface area contributed by atoms with Crippen molar-refractivity contribution in [3.8, 4) is 5.88 Å². The number of hydrogen-bond acceptors (Lipinski definition) is 3. The molecule has 1 aromatic heterocycles. The highest BCUT2D eigenvalue weighted by Crippen LogP contribution is 2.21. The molecule has 2 aromatic rings. The fourth-order valence-electron chi connectivity index (χ4n) is 1.68. The first-order valence-electron chi connectivity index (χ1n) is 5.68. The van der Waals surface area contributed by atoms with Crippen LogP contribution in [0.25, 0.3) is 0 Å². The van der Waals surface area contributed by atoms with Crippen molar-refractivity contribution >= 4 is 23.2 Å². The van der Waals surface area contributed by atoms with Crippen LogP contribution in [0.1, 0.15) is 15.9 Å². The first-order valence-corrected chi connectivity index (χ1v) is 6.06. The van der Waals surface area contributed by atoms with Crippen LogP contribution < -0.4 is 10.1 Å². The summed E-state index contributed by atoms with van der Waals surface area (Å²) in [6, 6.07) is 8.62. The Morgan fingerprint density at radius 1 is 1.37 bits per heavy atom. The molecule has 1 amide bonds. The zero-order valence-corrected chi connectivity index (χ0v) is 11.4. The van der Waals surface area contributed by atoms with Crippen LogP contribution in [0.4, 0.5) is 5.69 Å². The van der Waals surface area contributed by atoms with Gasteiger partial charge in [-0.3, -0.25) is 4.79 Å². The summed E-state index contributed by atoms with van der Waals surface area (Å²) in [6.07, 6.45) is 1.57. The van der Waals surface area contributed by atoms with Crippen LogP contribution in [-0.2, 0) is 0 Å². The van der Waals surface area contributed by atoms with E-state index in [9.17, 15) is 4.79 Å². The Balaban J connectivity index is 2.26. The lowest BCUT2D eigenvalue weighted by Crippen LogP contribution is -2.14. The quantitative estimate of drug-likeness (QED) is 0.936. The first-order chi connectivity index (χ1) is 9.11. The Morgan fingerprint density at radius 2 is 2.16 bits per heavy atom. The number of benzene rings is 1. The Bertz CT molecular complexity index is 614. The molecule has 0 saturated heterocycles. The molecule has 0 bridgehead atoms. The van der Waals surface area contributed by atoms with Crippen molar-refractivity contribution in [3.63, 3.8) is 0 Å². The summed E-state index contributed by atoms with van der Waals surface area (Å²) in [5, 5.41) is 3.44. The SMILES string of the molecule is COc1ncccc1C(=O)Nc1ccc(Cl)cc1C. The van der Waals surface area contributed by atoms with Gasteiger partial charge < -0.3 is 10.1 Å². The molecule has 19 heavy (non-hydrogen) atoms. The zero-order valence-electron chi connectivity index (χ0n) is 10.6.